The summed E-state index contributed by atoms with van der Waals surface area (Å²) in [6, 6.07) is 30.2. The summed E-state index contributed by atoms with van der Waals surface area (Å²) in [7, 11) is 13.2. The first-order chi connectivity index (χ1) is 68.7. The van der Waals surface area contributed by atoms with Gasteiger partial charge in [-0.3, -0.25) is 24.1 Å². The first kappa shape index (κ1) is 131. The average molecular weight is 2310 g/mol. The van der Waals surface area contributed by atoms with Crippen molar-refractivity contribution in [2.45, 2.75) is 110 Å². The molecule has 0 aliphatic carbocycles. The van der Waals surface area contributed by atoms with Crippen LogP contribution in [0, 0.1) is 0 Å². The van der Waals surface area contributed by atoms with Crippen LogP contribution in [0.25, 0.3) is 97.0 Å². The standard InChI is InChI=1S/C17H22BNO5.C11H22B2O4.C11H12BNO5.C11H10BrN3O3.C11H10BrNO3.C10H10BNO5.C8H7BrO2.C3H5BrO2.2C3H5N3O2.N3.Na/c1-16(2)17(3,4)24-18(23-16)11-7-10-8-13(15(20)22-6)19-12(10)9-14(11)21-5;1-8-9(2,3)15-12(14-8)13-16-10(4,5)11(6,7)17-13;1-17-10-5-8-6(3-7(10)12(15)16)4-9(13-8)11(14)18-2;1-17-10-4-3-7(5-8(10)12)6-9(14-15-13)11(16)18-2;1-15-10-5-8-6(3-7(10)12)4-9(13-8)11(14)16-2;1-17-10(14)8-3-5-2-6(11(15)16)9(13)4-7(5)12-8;1-11-8-3-2-6(5-10)4-7(8)9;1-6-3(5)2-4;2*1-8-3(7)2-5-6-4;1-3-2;/h7-9,19H,1-6H3;8H,1-7H3;3-5,13,15-16H,1-2H3;3-6H,1-2H3;3-5,13H,1-2H3;2-4,12-13,15-16H,1H3;2-5H,1H3;2H2,1H3;2*2H2,1H3;;/q;;;;;;;;;;-1;+1/b;;;9-6-;;;;;;;;. The van der Waals surface area contributed by atoms with Gasteiger partial charge in [0.05, 0.1) is 140 Å². The van der Waals surface area contributed by atoms with Gasteiger partial charge in [-0.25, -0.2) is 24.0 Å². The molecule has 10 aromatic rings. The van der Waals surface area contributed by atoms with Gasteiger partial charge in [-0.2, -0.15) is 0 Å². The van der Waals surface area contributed by atoms with Crippen LogP contribution in [0.15, 0.2) is 144 Å². The Kier molecular flexibility index (Phi) is 55.6. The van der Waals surface area contributed by atoms with E-state index in [0.29, 0.717) is 73.0 Å². The summed E-state index contributed by atoms with van der Waals surface area (Å²) in [6.07, 6.45) is 2.26. The van der Waals surface area contributed by atoms with E-state index < -0.39 is 82.4 Å². The Morgan fingerprint density at radius 1 is 0.435 bits per heavy atom. The average Bonchev–Trinajstić information content (AvgIpc) is 1.61. The molecule has 4 aromatic heterocycles. The number of methoxy groups -OCH3 is 13. The molecule has 0 amide bonds. The summed E-state index contributed by atoms with van der Waals surface area (Å²) in [5.41, 5.74) is 41.7. The van der Waals surface area contributed by atoms with Crippen molar-refractivity contribution in [2.75, 3.05) is 111 Å². The van der Waals surface area contributed by atoms with E-state index in [0.717, 1.165) is 52.7 Å². The molecule has 147 heavy (non-hydrogen) atoms. The third-order valence-electron chi connectivity index (χ3n) is 21.2. The number of alkyl halides is 1. The van der Waals surface area contributed by atoms with Crippen LogP contribution in [0.1, 0.15) is 134 Å². The maximum Gasteiger partial charge on any atom is 1.00 e. The van der Waals surface area contributed by atoms with Crippen molar-refractivity contribution >= 4 is 219 Å². The number of fused-ring (bicyclic) bond motifs is 4. The van der Waals surface area contributed by atoms with Gasteiger partial charge in [0, 0.05) is 105 Å². The van der Waals surface area contributed by atoms with E-state index in [1.165, 1.54) is 93.2 Å². The Morgan fingerprint density at radius 2 is 0.789 bits per heavy atom. The van der Waals surface area contributed by atoms with E-state index >= 15 is 0 Å². The molecule has 13 rings (SSSR count). The predicted molar refractivity (Wildman–Crippen MR) is 554 cm³/mol. The molecule has 1 unspecified atom stereocenters. The van der Waals surface area contributed by atoms with Crippen LogP contribution in [0.5, 0.6) is 34.5 Å². The number of carbonyl (C=O) groups is 9. The van der Waals surface area contributed by atoms with Gasteiger partial charge in [-0.05, 0) is 231 Å². The molecule has 9 N–H and O–H groups in total. The number of aromatic hydroxyl groups is 1. The number of halogens is 4. The number of H-pyrrole nitrogens is 4. The zero-order valence-corrected chi connectivity index (χ0v) is 93.0. The van der Waals surface area contributed by atoms with E-state index in [1.807, 2.05) is 100 Å². The molecule has 782 valence electrons. The quantitative estimate of drug-likeness (QED) is 0.00350. The molecular weight excluding hydrogens is 2210 g/mol. The number of benzene rings is 6. The maximum absolute atomic E-state index is 11.7. The van der Waals surface area contributed by atoms with Gasteiger partial charge in [-0.15, -0.1) is 0 Å². The number of phenols is 1. The Bertz CT molecular complexity index is 6340. The Labute approximate surface area is 900 Å². The Balaban J connectivity index is 0.000000560. The molecular formula is C88H108B5Br4N16NaO33. The molecule has 0 bridgehead atoms. The summed E-state index contributed by atoms with van der Waals surface area (Å²) in [6.45, 7) is 21.7. The summed E-state index contributed by atoms with van der Waals surface area (Å²) in [5.74, 6) is -0.991. The molecule has 1 atom stereocenters. The topological polar surface area (TPSA) is 698 Å². The van der Waals surface area contributed by atoms with E-state index in [9.17, 15) is 58.3 Å². The minimum absolute atomic E-state index is 0. The normalized spacial score (nSPS) is 13.8. The fourth-order valence-corrected chi connectivity index (χ4v) is 13.7. The van der Waals surface area contributed by atoms with E-state index in [1.54, 1.807) is 95.2 Å². The molecule has 6 aromatic carbocycles. The van der Waals surface area contributed by atoms with Crippen molar-refractivity contribution in [3.05, 3.63) is 210 Å². The molecule has 0 spiro atoms. The smallest absolute Gasteiger partial charge is 0.508 e. The summed E-state index contributed by atoms with van der Waals surface area (Å²) >= 11 is 12.9. The van der Waals surface area contributed by atoms with Crippen molar-refractivity contribution in [1.82, 2.24) is 19.9 Å². The van der Waals surface area contributed by atoms with E-state index in [4.69, 9.17) is 94.1 Å². The van der Waals surface area contributed by atoms with Gasteiger partial charge < -0.3 is 146 Å². The van der Waals surface area contributed by atoms with Crippen molar-refractivity contribution < 1.29 is 187 Å². The van der Waals surface area contributed by atoms with Crippen molar-refractivity contribution in [2.24, 2.45) is 15.3 Å². The summed E-state index contributed by atoms with van der Waals surface area (Å²) in [4.78, 5) is 118. The number of aromatic nitrogens is 4. The summed E-state index contributed by atoms with van der Waals surface area (Å²) in [5, 5.41) is 58.5. The molecule has 59 heteroatoms. The zero-order valence-electron chi connectivity index (χ0n) is 84.7. The molecule has 49 nitrogen and oxygen atoms in total. The number of aldehydes is 1. The number of rotatable bonds is 22. The Hall–Kier alpha value is -12.5. The van der Waals surface area contributed by atoms with Gasteiger partial charge in [0.1, 0.15) is 87.7 Å². The summed E-state index contributed by atoms with van der Waals surface area (Å²) < 4.78 is 99.4. The molecule has 3 fully saturated rings. The largest absolute Gasteiger partial charge is 1.00 e. The van der Waals surface area contributed by atoms with Crippen LogP contribution in [0.4, 0.5) is 0 Å². The van der Waals surface area contributed by atoms with Gasteiger partial charge in [-0.1, -0.05) is 37.3 Å². The third kappa shape index (κ3) is 39.0. The van der Waals surface area contributed by atoms with Crippen LogP contribution in [0.2, 0.25) is 0 Å². The number of ether oxygens (including phenoxy) is 13. The van der Waals surface area contributed by atoms with Crippen molar-refractivity contribution in [3.8, 4) is 34.5 Å². The molecule has 3 aliphatic rings. The molecule has 3 aliphatic heterocycles. The fourth-order valence-electron chi connectivity index (χ4n) is 11.9. The number of nitrogens with one attached hydrogen (secondary N) is 4. The van der Waals surface area contributed by atoms with Crippen LogP contribution >= 0.6 is 63.7 Å². The number of phenolic OH excluding ortho intramolecular Hbond substituents is 1. The first-order valence-electron chi connectivity index (χ1n) is 42.2. The second-order valence-corrected chi connectivity index (χ2v) is 34.9. The van der Waals surface area contributed by atoms with Crippen LogP contribution < -0.4 is 69.6 Å². The monoisotopic (exact) mass is 2310 g/mol. The molecule has 0 saturated carbocycles. The zero-order chi connectivity index (χ0) is 111. The van der Waals surface area contributed by atoms with Crippen LogP contribution in [-0.2, 0) is 85.0 Å². The number of azide groups is 3. The fraction of sp³-hybridized carbons (Fsp3) is 0.375. The minimum Gasteiger partial charge on any atom is -0.508 e. The SMILES string of the molecule is CC1OB(B2OC(C)(C)C(C)(C)O2)OC1(C)C.COC(=O)/C(=C/c1ccc(OC)c(Br)c1)N=[N+]=[N-].COC(=O)CBr.COC(=O)CN=[N+]=[N-].COC(=O)CN=[N+]=[N-].COC(=O)c1cc2cc(B(O)O)c(O)cc2[nH]1.COC(=O)c1cc2cc(B(O)O)c(OC)cc2[nH]1.COC(=O)c1cc2cc(B3OC(C)(C)C(C)(C)O3)c(OC)cc2[nH]1.COC(=O)c1cc2cc(Br)c(OC)cc2[nH]1.COc1ccc(C=O)cc1Br.[N-]=[N+]=[N-].[Na+]. The van der Waals surface area contributed by atoms with Gasteiger partial charge in [0.25, 0.3) is 0 Å². The number of hydrogen-bond acceptors (Lipinski definition) is 36. The van der Waals surface area contributed by atoms with Gasteiger partial charge in [0.15, 0.2) is 0 Å². The minimum atomic E-state index is -1.77. The number of nitrogens with zero attached hydrogens (tertiary/aromatic N) is 12. The number of hydrogen-bond donors (Lipinski definition) is 9. The van der Waals surface area contributed by atoms with Crippen molar-refractivity contribution in [3.63, 3.8) is 0 Å². The van der Waals surface area contributed by atoms with Crippen LogP contribution in [0.3, 0.4) is 0 Å². The maximum atomic E-state index is 11.7. The second kappa shape index (κ2) is 62.6. The molecule has 3 saturated heterocycles. The van der Waals surface area contributed by atoms with Crippen molar-refractivity contribution in [1.29, 1.82) is 0 Å². The number of aromatic amines is 4. The predicted octanol–water partition coefficient (Wildman–Crippen LogP) is 10.7. The number of carbonyl (C=O) groups excluding carboxylic acids is 9. The second-order valence-electron chi connectivity index (χ2n) is 31.8. The Morgan fingerprint density at radius 3 is 1.12 bits per heavy atom. The third-order valence-corrected chi connectivity index (χ3v) is 23.5. The van der Waals surface area contributed by atoms with E-state index in [2.05, 4.69) is 147 Å². The van der Waals surface area contributed by atoms with Gasteiger partial charge in [0.2, 0.25) is 0 Å². The first-order valence-corrected chi connectivity index (χ1v) is 45.7. The number of esters is 8. The van der Waals surface area contributed by atoms with E-state index in [-0.39, 0.29) is 111 Å². The molecule has 7 heterocycles. The van der Waals surface area contributed by atoms with Crippen LogP contribution in [-0.4, -0.2) is 280 Å². The van der Waals surface area contributed by atoms with Gasteiger partial charge >= 0.3 is 113 Å². The molecule has 0 radical (unpaired) electrons.